The lowest BCUT2D eigenvalue weighted by atomic mass is 9.34. The number of fused-ring (bicyclic) bond motifs is 3. The molecule has 0 aliphatic heterocycles. The smallest absolute Gasteiger partial charge is 0.232 e. The fourth-order valence-electron chi connectivity index (χ4n) is 7.48. The van der Waals surface area contributed by atoms with E-state index in [2.05, 4.69) is 157 Å². The van der Waals surface area contributed by atoms with E-state index in [1.165, 1.54) is 60.7 Å². The topological polar surface area (TPSA) is 25.8 Å². The molecular weight excluding hydrogens is 555 g/mol. The van der Waals surface area contributed by atoms with Crippen molar-refractivity contribution in [2.75, 3.05) is 0 Å². The molecule has 2 nitrogen and oxygen atoms in total. The summed E-state index contributed by atoms with van der Waals surface area (Å²) in [7, 11) is 0. The van der Waals surface area contributed by atoms with Crippen molar-refractivity contribution in [1.29, 1.82) is 0 Å². The van der Waals surface area contributed by atoms with Crippen LogP contribution in [-0.4, -0.2) is 16.7 Å². The highest BCUT2D eigenvalue weighted by Gasteiger charge is 2.29. The van der Waals surface area contributed by atoms with Crippen LogP contribution in [0.2, 0.25) is 0 Å². The van der Waals surface area contributed by atoms with Crippen LogP contribution < -0.4 is 16.4 Å². The van der Waals surface area contributed by atoms with Crippen molar-refractivity contribution in [3.63, 3.8) is 0 Å². The molecule has 0 aliphatic carbocycles. The van der Waals surface area contributed by atoms with Crippen molar-refractivity contribution < 1.29 is 0 Å². The quantitative estimate of drug-likeness (QED) is 0.143. The second-order valence-electron chi connectivity index (χ2n) is 13.0. The predicted molar refractivity (Wildman–Crippen MR) is 198 cm³/mol. The van der Waals surface area contributed by atoms with Crippen LogP contribution in [0.5, 0.6) is 0 Å². The molecule has 0 saturated carbocycles. The molecule has 0 atom stereocenters. The van der Waals surface area contributed by atoms with Crippen molar-refractivity contribution in [3.05, 3.63) is 160 Å². The van der Waals surface area contributed by atoms with Gasteiger partial charge in [-0.05, 0) is 58.6 Å². The van der Waals surface area contributed by atoms with E-state index >= 15 is 0 Å². The van der Waals surface area contributed by atoms with Crippen LogP contribution in [0.3, 0.4) is 0 Å². The first-order chi connectivity index (χ1) is 22.3. The van der Waals surface area contributed by atoms with E-state index in [0.717, 1.165) is 33.4 Å². The highest BCUT2D eigenvalue weighted by Crippen LogP contribution is 2.31. The van der Waals surface area contributed by atoms with Gasteiger partial charge in [0.05, 0.1) is 11.2 Å². The van der Waals surface area contributed by atoms with E-state index in [0.29, 0.717) is 6.42 Å². The molecule has 0 saturated heterocycles. The van der Waals surface area contributed by atoms with Crippen LogP contribution >= 0.6 is 0 Å². The average Bonchev–Trinajstić information content (AvgIpc) is 3.03. The molecule has 0 aliphatic rings. The third-order valence-corrected chi connectivity index (χ3v) is 9.38. The fraction of sp³-hybridized carbons (Fsp3) is 0.163. The first-order valence-corrected chi connectivity index (χ1v) is 16.2. The summed E-state index contributed by atoms with van der Waals surface area (Å²) in [5, 5.41) is 3.43. The summed E-state index contributed by atoms with van der Waals surface area (Å²) < 4.78 is 0. The molecule has 7 aromatic rings. The Hall–Kier alpha value is -5.02. The lowest BCUT2D eigenvalue weighted by Gasteiger charge is -2.25. The molecule has 7 rings (SSSR count). The van der Waals surface area contributed by atoms with Gasteiger partial charge in [-0.25, -0.2) is 9.97 Å². The zero-order valence-electron chi connectivity index (χ0n) is 27.6. The highest BCUT2D eigenvalue weighted by atomic mass is 14.9. The fourth-order valence-corrected chi connectivity index (χ4v) is 7.48. The van der Waals surface area contributed by atoms with Gasteiger partial charge in [-0.1, -0.05) is 159 Å². The van der Waals surface area contributed by atoms with E-state index in [1.54, 1.807) is 0 Å². The zero-order valence-corrected chi connectivity index (χ0v) is 27.6. The van der Waals surface area contributed by atoms with Crippen LogP contribution in [0.15, 0.2) is 115 Å². The Bertz CT molecular complexity index is 2210. The minimum absolute atomic E-state index is 0.0895. The average molecular weight is 595 g/mol. The van der Waals surface area contributed by atoms with Gasteiger partial charge in [-0.2, -0.15) is 0 Å². The molecule has 46 heavy (non-hydrogen) atoms. The lowest BCUT2D eigenvalue weighted by Crippen LogP contribution is -2.56. The molecule has 6 aromatic carbocycles. The first kappa shape index (κ1) is 29.7. The third-order valence-electron chi connectivity index (χ3n) is 9.38. The molecule has 0 spiro atoms. The number of rotatable bonds is 6. The molecular formula is C43H39BN2. The Morgan fingerprint density at radius 1 is 0.522 bits per heavy atom. The van der Waals surface area contributed by atoms with Gasteiger partial charge in [0.25, 0.3) is 0 Å². The van der Waals surface area contributed by atoms with E-state index < -0.39 is 0 Å². The SMILES string of the molecule is Cc1ccc(B(c2c(C)cc(C)cc2C)c2c(C)cc(C)cc2Cc2nc(-c3ccccc3)c3ccc4ccccc4c3n2)cc1. The predicted octanol–water partition coefficient (Wildman–Crippen LogP) is 8.41. The van der Waals surface area contributed by atoms with E-state index in [9.17, 15) is 0 Å². The van der Waals surface area contributed by atoms with Gasteiger partial charge >= 0.3 is 0 Å². The molecule has 1 heterocycles. The van der Waals surface area contributed by atoms with Crippen LogP contribution in [0.25, 0.3) is 32.9 Å². The minimum atomic E-state index is 0.0895. The molecule has 0 unspecified atom stereocenters. The van der Waals surface area contributed by atoms with Crippen molar-refractivity contribution in [2.45, 2.75) is 48.0 Å². The minimum Gasteiger partial charge on any atom is -0.232 e. The second kappa shape index (κ2) is 12.1. The Balaban J connectivity index is 1.48. The summed E-state index contributed by atoms with van der Waals surface area (Å²) in [6.07, 6.45) is 0.642. The zero-order chi connectivity index (χ0) is 31.9. The van der Waals surface area contributed by atoms with Crippen molar-refractivity contribution in [2.24, 2.45) is 0 Å². The van der Waals surface area contributed by atoms with Crippen LogP contribution in [0.1, 0.15) is 44.8 Å². The Morgan fingerprint density at radius 3 is 1.87 bits per heavy atom. The van der Waals surface area contributed by atoms with Crippen molar-refractivity contribution in [1.82, 2.24) is 9.97 Å². The Labute approximate surface area is 273 Å². The van der Waals surface area contributed by atoms with Gasteiger partial charge in [0.2, 0.25) is 6.71 Å². The maximum absolute atomic E-state index is 5.34. The molecule has 1 aromatic heterocycles. The Morgan fingerprint density at radius 2 is 1.15 bits per heavy atom. The van der Waals surface area contributed by atoms with E-state index in [1.807, 2.05) is 0 Å². The van der Waals surface area contributed by atoms with E-state index in [-0.39, 0.29) is 6.71 Å². The van der Waals surface area contributed by atoms with Crippen molar-refractivity contribution in [3.8, 4) is 11.3 Å². The van der Waals surface area contributed by atoms with Gasteiger partial charge in [0, 0.05) is 22.8 Å². The number of hydrogen-bond acceptors (Lipinski definition) is 2. The van der Waals surface area contributed by atoms with Gasteiger partial charge in [-0.3, -0.25) is 0 Å². The summed E-state index contributed by atoms with van der Waals surface area (Å²) in [6, 6.07) is 41.9. The molecule has 0 fully saturated rings. The van der Waals surface area contributed by atoms with Crippen molar-refractivity contribution >= 4 is 44.8 Å². The molecule has 0 N–H and O–H groups in total. The van der Waals surface area contributed by atoms with Crippen LogP contribution in [0.4, 0.5) is 0 Å². The normalized spacial score (nSPS) is 11.3. The monoisotopic (exact) mass is 594 g/mol. The summed E-state index contributed by atoms with van der Waals surface area (Å²) in [6.45, 7) is 13.5. The maximum Gasteiger partial charge on any atom is 0.242 e. The molecule has 0 bridgehead atoms. The van der Waals surface area contributed by atoms with E-state index in [4.69, 9.17) is 9.97 Å². The van der Waals surface area contributed by atoms with Gasteiger partial charge in [0.15, 0.2) is 0 Å². The van der Waals surface area contributed by atoms with Crippen LogP contribution in [0, 0.1) is 41.5 Å². The number of aromatic nitrogens is 2. The second-order valence-corrected chi connectivity index (χ2v) is 13.0. The Kier molecular flexibility index (Phi) is 7.78. The lowest BCUT2D eigenvalue weighted by molar-refractivity contribution is 0.999. The largest absolute Gasteiger partial charge is 0.242 e. The molecule has 224 valence electrons. The number of benzene rings is 6. The van der Waals surface area contributed by atoms with Gasteiger partial charge in [0.1, 0.15) is 5.82 Å². The van der Waals surface area contributed by atoms with Gasteiger partial charge in [-0.15, -0.1) is 0 Å². The maximum atomic E-state index is 5.34. The highest BCUT2D eigenvalue weighted by molar-refractivity contribution is 6.96. The van der Waals surface area contributed by atoms with Crippen LogP contribution in [-0.2, 0) is 6.42 Å². The van der Waals surface area contributed by atoms with Gasteiger partial charge < -0.3 is 0 Å². The number of hydrogen-bond donors (Lipinski definition) is 0. The number of aryl methyl sites for hydroxylation is 6. The number of nitrogens with zero attached hydrogens (tertiary/aromatic N) is 2. The standard InChI is InChI=1S/C43H39BN2/c1-27-16-19-36(20-17-27)44(40-30(4)22-28(2)23-31(40)5)41-32(6)24-29(3)25-35(41)26-39-45-42(34-13-8-7-9-14-34)38-21-18-33-12-10-11-15-37(33)43(38)46-39/h7-25H,26H2,1-6H3. The summed E-state index contributed by atoms with van der Waals surface area (Å²) in [5.41, 5.74) is 16.2. The molecule has 3 heteroatoms. The first-order valence-electron chi connectivity index (χ1n) is 16.2. The molecule has 0 radical (unpaired) electrons. The molecule has 0 amide bonds. The third kappa shape index (κ3) is 5.52. The summed E-state index contributed by atoms with van der Waals surface area (Å²) in [4.78, 5) is 10.7. The summed E-state index contributed by atoms with van der Waals surface area (Å²) in [5.74, 6) is 0.842. The summed E-state index contributed by atoms with van der Waals surface area (Å²) >= 11 is 0.